The quantitative estimate of drug-likeness (QED) is 0.820. The molecule has 0 spiro atoms. The van der Waals surface area contributed by atoms with E-state index in [-0.39, 0.29) is 0 Å². The first kappa shape index (κ1) is 15.5. The van der Waals surface area contributed by atoms with Gasteiger partial charge in [0.1, 0.15) is 0 Å². The number of ether oxygens (including phenoxy) is 1. The predicted octanol–water partition coefficient (Wildman–Crippen LogP) is 2.61. The summed E-state index contributed by atoms with van der Waals surface area (Å²) in [5.41, 5.74) is 1.14. The molecule has 0 aliphatic carbocycles. The Balaban J connectivity index is 1.35. The van der Waals surface area contributed by atoms with Crippen molar-refractivity contribution in [3.8, 4) is 0 Å². The first-order valence-electron chi connectivity index (χ1n) is 7.70. The maximum absolute atomic E-state index is 5.98. The van der Waals surface area contributed by atoms with Crippen molar-refractivity contribution in [2.24, 2.45) is 0 Å². The molecule has 0 N–H and O–H groups in total. The van der Waals surface area contributed by atoms with Crippen LogP contribution in [0, 0.1) is 0 Å². The highest BCUT2D eigenvalue weighted by Gasteiger charge is 2.19. The highest BCUT2D eigenvalue weighted by atomic mass is 35.5. The van der Waals surface area contributed by atoms with Crippen LogP contribution in [0.4, 0.5) is 0 Å². The van der Waals surface area contributed by atoms with Gasteiger partial charge < -0.3 is 9.64 Å². The molecule has 22 heavy (non-hydrogen) atoms. The fourth-order valence-electron chi connectivity index (χ4n) is 2.70. The standard InChI is InChI=1S/C16H21ClN4O/c17-15-11-19-21(12-15)9-8-20-6-3-16(4-7-20)22-13-14-2-1-5-18-10-14/h1-2,5,10-12,16H,3-4,6-9,13H2. The minimum atomic E-state index is 0.357. The van der Waals surface area contributed by atoms with E-state index in [0.29, 0.717) is 17.7 Å². The lowest BCUT2D eigenvalue weighted by molar-refractivity contribution is -0.00315. The van der Waals surface area contributed by atoms with Crippen molar-refractivity contribution in [2.75, 3.05) is 19.6 Å². The van der Waals surface area contributed by atoms with Crippen LogP contribution in [0.15, 0.2) is 36.9 Å². The number of piperidine rings is 1. The van der Waals surface area contributed by atoms with Gasteiger partial charge in [-0.1, -0.05) is 17.7 Å². The molecule has 0 unspecified atom stereocenters. The maximum Gasteiger partial charge on any atom is 0.0785 e. The predicted molar refractivity (Wildman–Crippen MR) is 85.7 cm³/mol. The zero-order valence-corrected chi connectivity index (χ0v) is 13.3. The normalized spacial score (nSPS) is 17.0. The molecule has 3 rings (SSSR count). The molecular weight excluding hydrogens is 300 g/mol. The van der Waals surface area contributed by atoms with Crippen LogP contribution in [-0.2, 0) is 17.9 Å². The van der Waals surface area contributed by atoms with Gasteiger partial charge in [-0.3, -0.25) is 9.67 Å². The Labute approximate surface area is 135 Å². The maximum atomic E-state index is 5.98. The van der Waals surface area contributed by atoms with Crippen LogP contribution in [0.25, 0.3) is 0 Å². The highest BCUT2D eigenvalue weighted by Crippen LogP contribution is 2.15. The smallest absolute Gasteiger partial charge is 0.0785 e. The van der Waals surface area contributed by atoms with Gasteiger partial charge in [-0.05, 0) is 24.5 Å². The third-order valence-corrected chi connectivity index (χ3v) is 4.19. The van der Waals surface area contributed by atoms with Gasteiger partial charge in [0.2, 0.25) is 0 Å². The summed E-state index contributed by atoms with van der Waals surface area (Å²) < 4.78 is 7.88. The molecule has 2 aromatic rings. The lowest BCUT2D eigenvalue weighted by Crippen LogP contribution is -2.38. The van der Waals surface area contributed by atoms with Gasteiger partial charge in [0.15, 0.2) is 0 Å². The fourth-order valence-corrected chi connectivity index (χ4v) is 2.86. The molecule has 2 aromatic heterocycles. The molecule has 0 radical (unpaired) electrons. The van der Waals surface area contributed by atoms with E-state index in [9.17, 15) is 0 Å². The van der Waals surface area contributed by atoms with Crippen molar-refractivity contribution in [3.63, 3.8) is 0 Å². The highest BCUT2D eigenvalue weighted by molar-refractivity contribution is 6.30. The largest absolute Gasteiger partial charge is 0.373 e. The summed E-state index contributed by atoms with van der Waals surface area (Å²) in [7, 11) is 0. The monoisotopic (exact) mass is 320 g/mol. The van der Waals surface area contributed by atoms with Crippen LogP contribution < -0.4 is 0 Å². The van der Waals surface area contributed by atoms with Crippen LogP contribution in [0.2, 0.25) is 5.02 Å². The number of hydrogen-bond acceptors (Lipinski definition) is 4. The first-order chi connectivity index (χ1) is 10.8. The second-order valence-corrected chi connectivity index (χ2v) is 6.07. The Morgan fingerprint density at radius 3 is 2.77 bits per heavy atom. The SMILES string of the molecule is Clc1cnn(CCN2CCC(OCc3cccnc3)CC2)c1. The molecule has 6 heteroatoms. The number of hydrogen-bond donors (Lipinski definition) is 0. The molecule has 0 aromatic carbocycles. The van der Waals surface area contributed by atoms with Crippen LogP contribution in [-0.4, -0.2) is 45.4 Å². The van der Waals surface area contributed by atoms with Crippen molar-refractivity contribution in [1.82, 2.24) is 19.7 Å². The van der Waals surface area contributed by atoms with E-state index in [0.717, 1.165) is 44.6 Å². The average Bonchev–Trinajstić information content (AvgIpc) is 2.98. The summed E-state index contributed by atoms with van der Waals surface area (Å²) >= 11 is 5.87. The molecule has 0 saturated carbocycles. The Hall–Kier alpha value is -1.43. The van der Waals surface area contributed by atoms with Crippen LogP contribution in [0.5, 0.6) is 0 Å². The van der Waals surface area contributed by atoms with E-state index in [1.54, 1.807) is 12.4 Å². The minimum absolute atomic E-state index is 0.357. The molecule has 1 saturated heterocycles. The van der Waals surface area contributed by atoms with Crippen LogP contribution >= 0.6 is 11.6 Å². The second kappa shape index (κ2) is 7.72. The summed E-state index contributed by atoms with van der Waals surface area (Å²) in [6.45, 7) is 4.70. The topological polar surface area (TPSA) is 43.2 Å². The van der Waals surface area contributed by atoms with E-state index in [4.69, 9.17) is 16.3 Å². The van der Waals surface area contributed by atoms with Gasteiger partial charge in [0, 0.05) is 38.2 Å². The second-order valence-electron chi connectivity index (χ2n) is 5.63. The van der Waals surface area contributed by atoms with E-state index >= 15 is 0 Å². The Morgan fingerprint density at radius 2 is 2.09 bits per heavy atom. The average molecular weight is 321 g/mol. The number of aromatic nitrogens is 3. The van der Waals surface area contributed by atoms with Gasteiger partial charge in [-0.15, -0.1) is 0 Å². The third-order valence-electron chi connectivity index (χ3n) is 3.99. The van der Waals surface area contributed by atoms with Gasteiger partial charge >= 0.3 is 0 Å². The van der Waals surface area contributed by atoms with Gasteiger partial charge in [0.05, 0.1) is 30.5 Å². The number of pyridine rings is 1. The zero-order valence-electron chi connectivity index (χ0n) is 12.6. The Bertz CT molecular complexity index is 567. The van der Waals surface area contributed by atoms with Crippen molar-refractivity contribution in [1.29, 1.82) is 0 Å². The molecule has 5 nitrogen and oxygen atoms in total. The van der Waals surface area contributed by atoms with Crippen molar-refractivity contribution >= 4 is 11.6 Å². The van der Waals surface area contributed by atoms with Crippen molar-refractivity contribution < 1.29 is 4.74 Å². The van der Waals surface area contributed by atoms with E-state index in [2.05, 4.69) is 21.0 Å². The fraction of sp³-hybridized carbons (Fsp3) is 0.500. The number of likely N-dealkylation sites (tertiary alicyclic amines) is 1. The summed E-state index contributed by atoms with van der Waals surface area (Å²) in [4.78, 5) is 6.57. The molecule has 1 aliphatic heterocycles. The number of nitrogens with zero attached hydrogens (tertiary/aromatic N) is 4. The molecule has 1 aliphatic rings. The minimum Gasteiger partial charge on any atom is -0.373 e. The summed E-state index contributed by atoms with van der Waals surface area (Å²) in [6, 6.07) is 4.00. The van der Waals surface area contributed by atoms with E-state index in [1.807, 2.05) is 23.1 Å². The molecule has 1 fully saturated rings. The van der Waals surface area contributed by atoms with Gasteiger partial charge in [-0.2, -0.15) is 5.10 Å². The number of halogens is 1. The van der Waals surface area contributed by atoms with Crippen molar-refractivity contribution in [2.45, 2.75) is 32.1 Å². The lowest BCUT2D eigenvalue weighted by Gasteiger charge is -2.31. The molecule has 0 atom stereocenters. The molecule has 0 amide bonds. The van der Waals surface area contributed by atoms with Crippen molar-refractivity contribution in [3.05, 3.63) is 47.5 Å². The Kier molecular flexibility index (Phi) is 5.43. The summed E-state index contributed by atoms with van der Waals surface area (Å²) in [5.74, 6) is 0. The van der Waals surface area contributed by atoms with E-state index in [1.165, 1.54) is 0 Å². The van der Waals surface area contributed by atoms with Crippen LogP contribution in [0.1, 0.15) is 18.4 Å². The molecule has 3 heterocycles. The van der Waals surface area contributed by atoms with E-state index < -0.39 is 0 Å². The summed E-state index contributed by atoms with van der Waals surface area (Å²) in [6.07, 6.45) is 9.72. The van der Waals surface area contributed by atoms with Gasteiger partial charge in [-0.25, -0.2) is 0 Å². The summed E-state index contributed by atoms with van der Waals surface area (Å²) in [5, 5.41) is 4.90. The third kappa shape index (κ3) is 4.53. The molecule has 0 bridgehead atoms. The number of rotatable bonds is 6. The molecule has 118 valence electrons. The Morgan fingerprint density at radius 1 is 1.23 bits per heavy atom. The van der Waals surface area contributed by atoms with Crippen LogP contribution in [0.3, 0.4) is 0 Å². The molecular formula is C16H21ClN4O. The van der Waals surface area contributed by atoms with Gasteiger partial charge in [0.25, 0.3) is 0 Å². The zero-order chi connectivity index (χ0) is 15.2. The lowest BCUT2D eigenvalue weighted by atomic mass is 10.1. The first-order valence-corrected chi connectivity index (χ1v) is 8.08.